The first-order valence-corrected chi connectivity index (χ1v) is 3.80. The van der Waals surface area contributed by atoms with Gasteiger partial charge >= 0.3 is 5.97 Å². The van der Waals surface area contributed by atoms with E-state index in [0.29, 0.717) is 11.5 Å². The van der Waals surface area contributed by atoms with E-state index >= 15 is 0 Å². The van der Waals surface area contributed by atoms with Crippen molar-refractivity contribution in [3.05, 3.63) is 0 Å². The Morgan fingerprint density at radius 3 is 2.82 bits per heavy atom. The molecule has 62 valence electrons. The lowest BCUT2D eigenvalue weighted by Crippen LogP contribution is -2.55. The maximum absolute atomic E-state index is 10.5. The highest BCUT2D eigenvalue weighted by Crippen LogP contribution is 2.03. The Hall–Kier alpha value is -0.840. The van der Waals surface area contributed by atoms with Crippen molar-refractivity contribution in [1.82, 2.24) is 10.6 Å². The zero-order valence-electron chi connectivity index (χ0n) is 6.13. The Morgan fingerprint density at radius 1 is 1.73 bits per heavy atom. The van der Waals surface area contributed by atoms with Gasteiger partial charge in [0.15, 0.2) is 5.11 Å². The van der Waals surface area contributed by atoms with Crippen LogP contribution >= 0.6 is 12.2 Å². The minimum absolute atomic E-state index is 0.143. The van der Waals surface area contributed by atoms with Gasteiger partial charge in [-0.2, -0.15) is 0 Å². The Bertz CT molecular complexity index is 195. The minimum atomic E-state index is -0.847. The fourth-order valence-corrected chi connectivity index (χ4v) is 1.40. The predicted octanol–water partition coefficient (Wildman–Crippen LogP) is -0.304. The number of rotatable bonds is 1. The lowest BCUT2D eigenvalue weighted by Gasteiger charge is -2.28. The first kappa shape index (κ1) is 8.26. The molecule has 0 amide bonds. The summed E-state index contributed by atoms with van der Waals surface area (Å²) in [5, 5.41) is 14.6. The summed E-state index contributed by atoms with van der Waals surface area (Å²) in [6.45, 7) is 1.91. The zero-order valence-corrected chi connectivity index (χ0v) is 6.94. The summed E-state index contributed by atoms with van der Waals surface area (Å²) in [7, 11) is 0. The molecule has 4 nitrogen and oxygen atoms in total. The molecule has 1 fully saturated rings. The highest BCUT2D eigenvalue weighted by Gasteiger charge is 2.25. The van der Waals surface area contributed by atoms with E-state index in [2.05, 4.69) is 10.6 Å². The van der Waals surface area contributed by atoms with Crippen LogP contribution in [0.3, 0.4) is 0 Å². The number of aliphatic carboxylic acids is 1. The van der Waals surface area contributed by atoms with E-state index in [-0.39, 0.29) is 6.04 Å². The van der Waals surface area contributed by atoms with Crippen LogP contribution in [0, 0.1) is 0 Å². The molecular weight excluding hydrogens is 164 g/mol. The van der Waals surface area contributed by atoms with Crippen molar-refractivity contribution in [1.29, 1.82) is 0 Å². The molecular formula is C6H10N2O2S. The number of carboxylic acids is 1. The second-order valence-electron chi connectivity index (χ2n) is 2.65. The first-order valence-electron chi connectivity index (χ1n) is 3.39. The molecule has 3 N–H and O–H groups in total. The molecule has 1 heterocycles. The number of carbonyl (C=O) groups is 1. The van der Waals surface area contributed by atoms with Crippen molar-refractivity contribution in [2.75, 3.05) is 0 Å². The van der Waals surface area contributed by atoms with Gasteiger partial charge in [-0.25, -0.2) is 4.79 Å². The smallest absolute Gasteiger partial charge is 0.326 e. The second-order valence-corrected chi connectivity index (χ2v) is 3.05. The summed E-state index contributed by atoms with van der Waals surface area (Å²) in [4.78, 5) is 10.5. The molecule has 0 spiro atoms. The van der Waals surface area contributed by atoms with Crippen LogP contribution in [-0.2, 0) is 4.79 Å². The molecule has 0 aliphatic carbocycles. The van der Waals surface area contributed by atoms with Crippen LogP contribution in [0.25, 0.3) is 0 Å². The fourth-order valence-electron chi connectivity index (χ4n) is 1.06. The maximum Gasteiger partial charge on any atom is 0.326 e. The number of thiocarbonyl (C=S) groups is 1. The van der Waals surface area contributed by atoms with E-state index in [1.54, 1.807) is 0 Å². The Labute approximate surface area is 70.0 Å². The van der Waals surface area contributed by atoms with Gasteiger partial charge in [0.05, 0.1) is 0 Å². The van der Waals surface area contributed by atoms with E-state index in [0.717, 1.165) is 0 Å². The lowest BCUT2D eigenvalue weighted by atomic mass is 10.1. The van der Waals surface area contributed by atoms with Crippen LogP contribution in [0.2, 0.25) is 0 Å². The van der Waals surface area contributed by atoms with Crippen molar-refractivity contribution in [3.8, 4) is 0 Å². The SMILES string of the molecule is C[C@H]1C[C@H](C(=O)O)NC(=S)N1. The third-order valence-electron chi connectivity index (χ3n) is 1.57. The quantitative estimate of drug-likeness (QED) is 0.476. The van der Waals surface area contributed by atoms with Gasteiger partial charge in [0.2, 0.25) is 0 Å². The summed E-state index contributed by atoms with van der Waals surface area (Å²) in [6.07, 6.45) is 0.565. The third-order valence-corrected chi connectivity index (χ3v) is 1.81. The summed E-state index contributed by atoms with van der Waals surface area (Å²) in [5.74, 6) is -0.847. The zero-order chi connectivity index (χ0) is 8.43. The van der Waals surface area contributed by atoms with Gasteiger partial charge in [0.25, 0.3) is 0 Å². The van der Waals surface area contributed by atoms with Gasteiger partial charge in [-0.15, -0.1) is 0 Å². The molecule has 0 aromatic heterocycles. The molecule has 0 bridgehead atoms. The van der Waals surface area contributed by atoms with E-state index < -0.39 is 12.0 Å². The minimum Gasteiger partial charge on any atom is -0.480 e. The molecule has 1 aliphatic rings. The highest BCUT2D eigenvalue weighted by atomic mass is 32.1. The Morgan fingerprint density at radius 2 is 2.36 bits per heavy atom. The van der Waals surface area contributed by atoms with Crippen LogP contribution in [0.4, 0.5) is 0 Å². The summed E-state index contributed by atoms with van der Waals surface area (Å²) < 4.78 is 0. The van der Waals surface area contributed by atoms with Crippen molar-refractivity contribution < 1.29 is 9.90 Å². The fraction of sp³-hybridized carbons (Fsp3) is 0.667. The monoisotopic (exact) mass is 174 g/mol. The molecule has 0 saturated carbocycles. The molecule has 0 unspecified atom stereocenters. The van der Waals surface area contributed by atoms with Crippen LogP contribution in [0.1, 0.15) is 13.3 Å². The van der Waals surface area contributed by atoms with Crippen molar-refractivity contribution >= 4 is 23.3 Å². The van der Waals surface area contributed by atoms with Crippen LogP contribution in [0.5, 0.6) is 0 Å². The Kier molecular flexibility index (Phi) is 2.28. The van der Waals surface area contributed by atoms with Crippen LogP contribution in [0.15, 0.2) is 0 Å². The van der Waals surface area contributed by atoms with Gasteiger partial charge in [0.1, 0.15) is 6.04 Å². The van der Waals surface area contributed by atoms with Crippen LogP contribution in [-0.4, -0.2) is 28.3 Å². The molecule has 0 aromatic carbocycles. The number of nitrogens with one attached hydrogen (secondary N) is 2. The molecule has 0 radical (unpaired) electrons. The van der Waals surface area contributed by atoms with Crippen molar-refractivity contribution in [2.24, 2.45) is 0 Å². The molecule has 1 saturated heterocycles. The number of hydrogen-bond donors (Lipinski definition) is 3. The molecule has 2 atom stereocenters. The standard InChI is InChI=1S/C6H10N2O2S/c1-3-2-4(5(9)10)8-6(11)7-3/h3-4H,2H2,1H3,(H,9,10)(H2,7,8,11)/t3-,4+/m0/s1. The third kappa shape index (κ3) is 2.04. The average molecular weight is 174 g/mol. The van der Waals surface area contributed by atoms with Gasteiger partial charge in [-0.05, 0) is 25.6 Å². The van der Waals surface area contributed by atoms with E-state index in [4.69, 9.17) is 17.3 Å². The highest BCUT2D eigenvalue weighted by molar-refractivity contribution is 7.80. The second kappa shape index (κ2) is 3.04. The van der Waals surface area contributed by atoms with Gasteiger partial charge in [0, 0.05) is 6.04 Å². The number of carboxylic acid groups (broad SMARTS) is 1. The van der Waals surface area contributed by atoms with E-state index in [1.807, 2.05) is 6.92 Å². The topological polar surface area (TPSA) is 61.4 Å². The molecule has 11 heavy (non-hydrogen) atoms. The molecule has 5 heteroatoms. The largest absolute Gasteiger partial charge is 0.480 e. The van der Waals surface area contributed by atoms with E-state index in [1.165, 1.54) is 0 Å². The van der Waals surface area contributed by atoms with Gasteiger partial charge in [-0.1, -0.05) is 0 Å². The normalized spacial score (nSPS) is 30.5. The average Bonchev–Trinajstić information content (AvgIpc) is 1.85. The summed E-state index contributed by atoms with van der Waals surface area (Å²) in [5.41, 5.74) is 0. The number of hydrogen-bond acceptors (Lipinski definition) is 2. The molecule has 1 aliphatic heterocycles. The first-order chi connectivity index (χ1) is 5.09. The summed E-state index contributed by atoms with van der Waals surface area (Å²) in [6, 6.07) is -0.386. The molecule has 1 rings (SSSR count). The van der Waals surface area contributed by atoms with Gasteiger partial charge < -0.3 is 15.7 Å². The predicted molar refractivity (Wildman–Crippen MR) is 44.4 cm³/mol. The Balaban J connectivity index is 2.56. The molecule has 0 aromatic rings. The summed E-state index contributed by atoms with van der Waals surface area (Å²) >= 11 is 4.79. The van der Waals surface area contributed by atoms with Crippen molar-refractivity contribution in [3.63, 3.8) is 0 Å². The van der Waals surface area contributed by atoms with Crippen molar-refractivity contribution in [2.45, 2.75) is 25.4 Å². The lowest BCUT2D eigenvalue weighted by molar-refractivity contribution is -0.139. The van der Waals surface area contributed by atoms with E-state index in [9.17, 15) is 4.79 Å². The van der Waals surface area contributed by atoms with Crippen LogP contribution < -0.4 is 10.6 Å². The van der Waals surface area contributed by atoms with Gasteiger partial charge in [-0.3, -0.25) is 0 Å². The maximum atomic E-state index is 10.5.